The van der Waals surface area contributed by atoms with Crippen LogP contribution in [0.1, 0.15) is 44.7 Å². The van der Waals surface area contributed by atoms with Gasteiger partial charge in [-0.25, -0.2) is 0 Å². The second-order valence-electron chi connectivity index (χ2n) is 5.29. The van der Waals surface area contributed by atoms with Crippen LogP contribution in [0.3, 0.4) is 0 Å². The van der Waals surface area contributed by atoms with Gasteiger partial charge in [0, 0.05) is 18.0 Å². The Bertz CT molecular complexity index is 437. The average Bonchev–Trinajstić information content (AvgIpc) is 2.28. The number of fused-ring (bicyclic) bond motifs is 1. The first-order valence-electron chi connectivity index (χ1n) is 5.91. The van der Waals surface area contributed by atoms with Crippen molar-refractivity contribution in [2.45, 2.75) is 44.8 Å². The van der Waals surface area contributed by atoms with Crippen LogP contribution < -0.4 is 0 Å². The highest BCUT2D eigenvalue weighted by Gasteiger charge is 2.28. The largest absolute Gasteiger partial charge is 0.591 e. The maximum Gasteiger partial charge on any atom is 0.144 e. The minimum Gasteiger partial charge on any atom is -0.591 e. The summed E-state index contributed by atoms with van der Waals surface area (Å²) < 4.78 is 16.1. The Morgan fingerprint density at radius 2 is 2.12 bits per heavy atom. The molecule has 0 spiro atoms. The molecule has 1 aromatic heterocycles. The van der Waals surface area contributed by atoms with Crippen LogP contribution in [0.15, 0.2) is 22.9 Å². The molecule has 92 valence electrons. The number of hydrogen-bond donors (Lipinski definition) is 0. The zero-order chi connectivity index (χ0) is 12.5. The standard InChI is InChI=1S/C13H18N2OS/c1-13(2,3)17(16)15-12-6-4-5-10-7-8-14-9-11(10)12/h7-9H,4-6H2,1-3H3/t17-/m1/s1. The van der Waals surface area contributed by atoms with Crippen molar-refractivity contribution in [3.8, 4) is 0 Å². The fraction of sp³-hybridized carbons (Fsp3) is 0.538. The lowest BCUT2D eigenvalue weighted by atomic mass is 9.92. The zero-order valence-electron chi connectivity index (χ0n) is 10.6. The molecule has 3 nitrogen and oxygen atoms in total. The summed E-state index contributed by atoms with van der Waals surface area (Å²) in [5, 5.41) is 0. The smallest absolute Gasteiger partial charge is 0.144 e. The van der Waals surface area contributed by atoms with Crippen LogP contribution in [-0.2, 0) is 17.8 Å². The third-order valence-corrected chi connectivity index (χ3v) is 4.23. The molecule has 1 atom stereocenters. The summed E-state index contributed by atoms with van der Waals surface area (Å²) >= 11 is -1.18. The van der Waals surface area contributed by atoms with E-state index in [2.05, 4.69) is 9.38 Å². The second-order valence-corrected chi connectivity index (χ2v) is 7.19. The van der Waals surface area contributed by atoms with E-state index in [0.717, 1.165) is 30.5 Å². The van der Waals surface area contributed by atoms with Crippen molar-refractivity contribution in [1.82, 2.24) is 4.98 Å². The predicted molar refractivity (Wildman–Crippen MR) is 71.6 cm³/mol. The van der Waals surface area contributed by atoms with Gasteiger partial charge in [0.15, 0.2) is 0 Å². The van der Waals surface area contributed by atoms with Crippen LogP contribution in [0.2, 0.25) is 0 Å². The van der Waals surface area contributed by atoms with E-state index in [9.17, 15) is 4.55 Å². The molecule has 0 fully saturated rings. The van der Waals surface area contributed by atoms with Crippen molar-refractivity contribution >= 4 is 17.1 Å². The molecule has 0 saturated heterocycles. The summed E-state index contributed by atoms with van der Waals surface area (Å²) in [6.45, 7) is 5.83. The van der Waals surface area contributed by atoms with E-state index in [1.807, 2.05) is 39.2 Å². The minimum atomic E-state index is -1.18. The molecule has 1 aliphatic carbocycles. The number of hydrogen-bond acceptors (Lipinski definition) is 3. The number of rotatable bonds is 1. The van der Waals surface area contributed by atoms with Gasteiger partial charge < -0.3 is 4.55 Å². The quantitative estimate of drug-likeness (QED) is 0.719. The monoisotopic (exact) mass is 250 g/mol. The highest BCUT2D eigenvalue weighted by Crippen LogP contribution is 2.24. The fourth-order valence-electron chi connectivity index (χ4n) is 1.81. The third kappa shape index (κ3) is 2.87. The molecule has 0 bridgehead atoms. The lowest BCUT2D eigenvalue weighted by Crippen LogP contribution is -2.27. The molecular formula is C13H18N2OS. The Kier molecular flexibility index (Phi) is 3.54. The van der Waals surface area contributed by atoms with E-state index in [4.69, 9.17) is 0 Å². The van der Waals surface area contributed by atoms with E-state index >= 15 is 0 Å². The molecule has 0 saturated carbocycles. The van der Waals surface area contributed by atoms with Crippen molar-refractivity contribution in [2.24, 2.45) is 4.40 Å². The van der Waals surface area contributed by atoms with Gasteiger partial charge >= 0.3 is 0 Å². The maximum absolute atomic E-state index is 12.0. The van der Waals surface area contributed by atoms with E-state index in [0.29, 0.717) is 0 Å². The minimum absolute atomic E-state index is 0.299. The molecule has 0 radical (unpaired) electrons. The normalized spacial score (nSPS) is 20.1. The molecule has 0 N–H and O–H groups in total. The molecule has 4 heteroatoms. The molecule has 0 aliphatic heterocycles. The summed E-state index contributed by atoms with van der Waals surface area (Å²) in [5.41, 5.74) is 3.31. The topological polar surface area (TPSA) is 48.3 Å². The number of aryl methyl sites for hydroxylation is 1. The first-order valence-corrected chi connectivity index (χ1v) is 7.02. The van der Waals surface area contributed by atoms with E-state index < -0.39 is 11.4 Å². The van der Waals surface area contributed by atoms with E-state index in [-0.39, 0.29) is 4.75 Å². The molecule has 0 aromatic carbocycles. The number of aromatic nitrogens is 1. The third-order valence-electron chi connectivity index (χ3n) is 2.80. The van der Waals surface area contributed by atoms with Crippen LogP contribution >= 0.6 is 0 Å². The molecule has 1 heterocycles. The van der Waals surface area contributed by atoms with Gasteiger partial charge in [-0.3, -0.25) is 4.98 Å². The number of nitrogens with zero attached hydrogens (tertiary/aromatic N) is 2. The summed E-state index contributed by atoms with van der Waals surface area (Å²) in [7, 11) is 0. The Labute approximate surface area is 106 Å². The average molecular weight is 250 g/mol. The van der Waals surface area contributed by atoms with Gasteiger partial charge in [-0.05, 0) is 51.7 Å². The van der Waals surface area contributed by atoms with Crippen LogP contribution in [0.25, 0.3) is 0 Å². The van der Waals surface area contributed by atoms with Crippen molar-refractivity contribution in [1.29, 1.82) is 0 Å². The van der Waals surface area contributed by atoms with Crippen molar-refractivity contribution in [2.75, 3.05) is 0 Å². The van der Waals surface area contributed by atoms with E-state index in [1.165, 1.54) is 5.56 Å². The Morgan fingerprint density at radius 3 is 2.82 bits per heavy atom. The Hall–Kier alpha value is -0.870. The molecule has 17 heavy (non-hydrogen) atoms. The van der Waals surface area contributed by atoms with Gasteiger partial charge in [-0.15, -0.1) is 0 Å². The Balaban J connectivity index is 2.33. The molecule has 0 unspecified atom stereocenters. The molecular weight excluding hydrogens is 232 g/mol. The van der Waals surface area contributed by atoms with Crippen LogP contribution in [0, 0.1) is 0 Å². The summed E-state index contributed by atoms with van der Waals surface area (Å²) in [5.74, 6) is 0. The lowest BCUT2D eigenvalue weighted by Gasteiger charge is -2.21. The van der Waals surface area contributed by atoms with Gasteiger partial charge in [0.25, 0.3) is 0 Å². The number of pyridine rings is 1. The van der Waals surface area contributed by atoms with Crippen LogP contribution in [0.4, 0.5) is 0 Å². The first-order chi connectivity index (χ1) is 7.98. The Morgan fingerprint density at radius 1 is 1.35 bits per heavy atom. The van der Waals surface area contributed by atoms with Crippen LogP contribution in [-0.4, -0.2) is 20.0 Å². The van der Waals surface area contributed by atoms with Gasteiger partial charge in [0.2, 0.25) is 0 Å². The second kappa shape index (κ2) is 4.78. The predicted octanol–water partition coefficient (Wildman–Crippen LogP) is 2.67. The zero-order valence-corrected chi connectivity index (χ0v) is 11.4. The van der Waals surface area contributed by atoms with Gasteiger partial charge in [0.05, 0.1) is 0 Å². The molecule has 1 aliphatic rings. The van der Waals surface area contributed by atoms with Crippen molar-refractivity contribution < 1.29 is 4.55 Å². The summed E-state index contributed by atoms with van der Waals surface area (Å²) in [6, 6.07) is 2.03. The van der Waals surface area contributed by atoms with Crippen LogP contribution in [0.5, 0.6) is 0 Å². The van der Waals surface area contributed by atoms with Gasteiger partial charge in [0.1, 0.15) is 21.8 Å². The van der Waals surface area contributed by atoms with Crippen molar-refractivity contribution in [3.63, 3.8) is 0 Å². The van der Waals surface area contributed by atoms with Gasteiger partial charge in [-0.1, -0.05) is 4.40 Å². The lowest BCUT2D eigenvalue weighted by molar-refractivity contribution is 0.561. The SMILES string of the molecule is CC(C)(C)[S@@+]([O-])N=C1CCCc2ccncc21. The molecule has 2 rings (SSSR count). The summed E-state index contributed by atoms with van der Waals surface area (Å²) in [6.07, 6.45) is 6.70. The molecule has 0 amide bonds. The maximum atomic E-state index is 12.0. The summed E-state index contributed by atoms with van der Waals surface area (Å²) in [4.78, 5) is 4.14. The van der Waals surface area contributed by atoms with E-state index in [1.54, 1.807) is 0 Å². The first kappa shape index (κ1) is 12.6. The van der Waals surface area contributed by atoms with Crippen molar-refractivity contribution in [3.05, 3.63) is 29.6 Å². The van der Waals surface area contributed by atoms with Gasteiger partial charge in [-0.2, -0.15) is 0 Å². The fourth-order valence-corrected chi connectivity index (χ4v) is 2.48. The molecule has 1 aromatic rings. The highest BCUT2D eigenvalue weighted by molar-refractivity contribution is 7.91. The highest BCUT2D eigenvalue weighted by atomic mass is 32.2.